The fraction of sp³-hybridized carbons (Fsp3) is 0.562. The third-order valence-electron chi connectivity index (χ3n) is 3.95. The Labute approximate surface area is 122 Å². The van der Waals surface area contributed by atoms with Gasteiger partial charge in [-0.15, -0.1) is 0 Å². The molecule has 4 nitrogen and oxygen atoms in total. The smallest absolute Gasteiger partial charge is 0.322 e. The molecule has 0 aromatic heterocycles. The van der Waals surface area contributed by atoms with Crippen molar-refractivity contribution in [3.63, 3.8) is 0 Å². The highest BCUT2D eigenvalue weighted by atomic mass is 16.2. The molecule has 0 atom stereocenters. The lowest BCUT2D eigenvalue weighted by molar-refractivity contribution is 0.147. The topological polar surface area (TPSA) is 26.8 Å². The van der Waals surface area contributed by atoms with Gasteiger partial charge < -0.3 is 9.80 Å². The van der Waals surface area contributed by atoms with E-state index >= 15 is 0 Å². The van der Waals surface area contributed by atoms with Gasteiger partial charge in [-0.2, -0.15) is 0 Å². The molecule has 110 valence electrons. The summed E-state index contributed by atoms with van der Waals surface area (Å²) in [5.41, 5.74) is 2.18. The number of amides is 2. The van der Waals surface area contributed by atoms with Gasteiger partial charge in [-0.3, -0.25) is 4.90 Å². The van der Waals surface area contributed by atoms with Crippen LogP contribution in [0.15, 0.2) is 24.3 Å². The Morgan fingerprint density at radius 2 is 1.90 bits per heavy atom. The second-order valence-corrected chi connectivity index (χ2v) is 5.29. The van der Waals surface area contributed by atoms with Crippen LogP contribution in [0.3, 0.4) is 0 Å². The molecule has 0 N–H and O–H groups in total. The summed E-state index contributed by atoms with van der Waals surface area (Å²) in [6.45, 7) is 11.6. The summed E-state index contributed by atoms with van der Waals surface area (Å²) in [6.07, 6.45) is 0. The molecule has 0 unspecified atom stereocenters. The zero-order valence-electron chi connectivity index (χ0n) is 12.8. The van der Waals surface area contributed by atoms with E-state index in [1.807, 2.05) is 28.9 Å². The number of aryl methyl sites for hydroxylation is 1. The average molecular weight is 275 g/mol. The maximum absolute atomic E-state index is 12.7. The summed E-state index contributed by atoms with van der Waals surface area (Å²) >= 11 is 0. The van der Waals surface area contributed by atoms with Crippen LogP contribution in [0.5, 0.6) is 0 Å². The number of carbonyl (C=O) groups is 1. The normalized spacial score (nSPS) is 16.2. The van der Waals surface area contributed by atoms with E-state index in [0.29, 0.717) is 6.54 Å². The zero-order valence-corrected chi connectivity index (χ0v) is 12.8. The quantitative estimate of drug-likeness (QED) is 0.847. The highest BCUT2D eigenvalue weighted by Crippen LogP contribution is 2.18. The lowest BCUT2D eigenvalue weighted by Gasteiger charge is -2.37. The average Bonchev–Trinajstić information content (AvgIpc) is 2.48. The van der Waals surface area contributed by atoms with Gasteiger partial charge in [-0.1, -0.05) is 19.1 Å². The Morgan fingerprint density at radius 1 is 1.20 bits per heavy atom. The fourth-order valence-electron chi connectivity index (χ4n) is 2.65. The number of likely N-dealkylation sites (N-methyl/N-ethyl adjacent to an activating group) is 1. The molecule has 0 bridgehead atoms. The molecule has 2 rings (SSSR count). The van der Waals surface area contributed by atoms with E-state index in [1.165, 1.54) is 5.56 Å². The summed E-state index contributed by atoms with van der Waals surface area (Å²) in [5.74, 6) is 0. The second-order valence-electron chi connectivity index (χ2n) is 5.29. The van der Waals surface area contributed by atoms with Crippen molar-refractivity contribution < 1.29 is 4.79 Å². The molecule has 1 aliphatic heterocycles. The van der Waals surface area contributed by atoms with Crippen LogP contribution >= 0.6 is 0 Å². The van der Waals surface area contributed by atoms with Gasteiger partial charge in [0.2, 0.25) is 0 Å². The van der Waals surface area contributed by atoms with Gasteiger partial charge >= 0.3 is 6.03 Å². The van der Waals surface area contributed by atoms with Gasteiger partial charge in [0.25, 0.3) is 0 Å². The lowest BCUT2D eigenvalue weighted by atomic mass is 10.2. The van der Waals surface area contributed by atoms with Crippen LogP contribution in [0.25, 0.3) is 0 Å². The van der Waals surface area contributed by atoms with Crippen LogP contribution in [0.4, 0.5) is 10.5 Å². The van der Waals surface area contributed by atoms with Gasteiger partial charge in [-0.05, 0) is 38.1 Å². The van der Waals surface area contributed by atoms with E-state index in [2.05, 4.69) is 30.9 Å². The van der Waals surface area contributed by atoms with Gasteiger partial charge in [0.15, 0.2) is 0 Å². The molecular formula is C16H25N3O. The molecule has 1 saturated heterocycles. The van der Waals surface area contributed by atoms with Crippen molar-refractivity contribution in [1.29, 1.82) is 0 Å². The summed E-state index contributed by atoms with van der Waals surface area (Å²) in [7, 11) is 0. The number of anilines is 1. The summed E-state index contributed by atoms with van der Waals surface area (Å²) in [5, 5.41) is 0. The number of rotatable bonds is 3. The molecule has 0 radical (unpaired) electrons. The fourth-order valence-corrected chi connectivity index (χ4v) is 2.65. The molecule has 4 heteroatoms. The minimum atomic E-state index is 0.133. The van der Waals surface area contributed by atoms with Gasteiger partial charge in [-0.25, -0.2) is 4.79 Å². The van der Waals surface area contributed by atoms with E-state index in [4.69, 9.17) is 0 Å². The lowest BCUT2D eigenvalue weighted by Crippen LogP contribution is -2.52. The number of urea groups is 1. The minimum Gasteiger partial charge on any atom is -0.322 e. The monoisotopic (exact) mass is 275 g/mol. The first-order valence-electron chi connectivity index (χ1n) is 7.51. The van der Waals surface area contributed by atoms with Crippen LogP contribution in [-0.4, -0.2) is 55.1 Å². The predicted molar refractivity (Wildman–Crippen MR) is 83.3 cm³/mol. The molecule has 1 heterocycles. The van der Waals surface area contributed by atoms with Crippen LogP contribution in [-0.2, 0) is 0 Å². The van der Waals surface area contributed by atoms with Crippen molar-refractivity contribution in [2.45, 2.75) is 20.8 Å². The largest absolute Gasteiger partial charge is 0.324 e. The van der Waals surface area contributed by atoms with E-state index < -0.39 is 0 Å². The summed E-state index contributed by atoms with van der Waals surface area (Å²) in [4.78, 5) is 18.9. The molecule has 0 saturated carbocycles. The number of carbonyl (C=O) groups excluding carboxylic acids is 1. The summed E-state index contributed by atoms with van der Waals surface area (Å²) in [6, 6.07) is 8.28. The third kappa shape index (κ3) is 3.31. The number of hydrogen-bond donors (Lipinski definition) is 0. The molecule has 0 spiro atoms. The van der Waals surface area contributed by atoms with Crippen molar-refractivity contribution in [3.8, 4) is 0 Å². The standard InChI is InChI=1S/C16H25N3O/c1-4-17-9-11-18(12-10-17)16(20)19(5-2)15-8-6-7-14(3)13-15/h6-8,13H,4-5,9-12H2,1-3H3. The van der Waals surface area contributed by atoms with Crippen molar-refractivity contribution in [1.82, 2.24) is 9.80 Å². The highest BCUT2D eigenvalue weighted by molar-refractivity contribution is 5.92. The molecular weight excluding hydrogens is 250 g/mol. The number of hydrogen-bond acceptors (Lipinski definition) is 2. The van der Waals surface area contributed by atoms with Gasteiger partial charge in [0.1, 0.15) is 0 Å². The van der Waals surface area contributed by atoms with E-state index in [-0.39, 0.29) is 6.03 Å². The maximum Gasteiger partial charge on any atom is 0.324 e. The van der Waals surface area contributed by atoms with E-state index in [9.17, 15) is 4.79 Å². The molecule has 1 aromatic rings. The first-order chi connectivity index (χ1) is 9.65. The first kappa shape index (κ1) is 14.9. The maximum atomic E-state index is 12.7. The van der Waals surface area contributed by atoms with Crippen LogP contribution in [0.2, 0.25) is 0 Å². The molecule has 20 heavy (non-hydrogen) atoms. The summed E-state index contributed by atoms with van der Waals surface area (Å²) < 4.78 is 0. The molecule has 0 aliphatic carbocycles. The SMILES string of the molecule is CCN1CCN(C(=O)N(CC)c2cccc(C)c2)CC1. The van der Waals surface area contributed by atoms with E-state index in [1.54, 1.807) is 0 Å². The van der Waals surface area contributed by atoms with Crippen molar-refractivity contribution >= 4 is 11.7 Å². The Balaban J connectivity index is 2.06. The van der Waals surface area contributed by atoms with Crippen molar-refractivity contribution in [3.05, 3.63) is 29.8 Å². The third-order valence-corrected chi connectivity index (χ3v) is 3.95. The Kier molecular flexibility index (Phi) is 5.01. The number of benzene rings is 1. The first-order valence-corrected chi connectivity index (χ1v) is 7.51. The minimum absolute atomic E-state index is 0.133. The highest BCUT2D eigenvalue weighted by Gasteiger charge is 2.24. The Bertz CT molecular complexity index is 453. The van der Waals surface area contributed by atoms with Crippen LogP contribution < -0.4 is 4.90 Å². The van der Waals surface area contributed by atoms with Crippen molar-refractivity contribution in [2.75, 3.05) is 44.2 Å². The molecule has 1 aromatic carbocycles. The predicted octanol–water partition coefficient (Wildman–Crippen LogP) is 2.58. The molecule has 1 fully saturated rings. The van der Waals surface area contributed by atoms with E-state index in [0.717, 1.165) is 38.4 Å². The van der Waals surface area contributed by atoms with Crippen LogP contribution in [0, 0.1) is 6.92 Å². The Morgan fingerprint density at radius 3 is 2.45 bits per heavy atom. The molecule has 1 aliphatic rings. The number of nitrogens with zero attached hydrogens (tertiary/aromatic N) is 3. The van der Waals surface area contributed by atoms with Crippen molar-refractivity contribution in [2.24, 2.45) is 0 Å². The van der Waals surface area contributed by atoms with Crippen LogP contribution in [0.1, 0.15) is 19.4 Å². The van der Waals surface area contributed by atoms with Gasteiger partial charge in [0, 0.05) is 38.4 Å². The molecule has 2 amide bonds. The Hall–Kier alpha value is -1.55. The zero-order chi connectivity index (χ0) is 14.5. The van der Waals surface area contributed by atoms with Gasteiger partial charge in [0.05, 0.1) is 0 Å². The number of piperazine rings is 1. The second kappa shape index (κ2) is 6.75.